The van der Waals surface area contributed by atoms with E-state index in [1.165, 1.54) is 24.6 Å². The first-order valence-electron chi connectivity index (χ1n) is 10.9. The molecule has 4 rings (SSSR count). The van der Waals surface area contributed by atoms with Crippen molar-refractivity contribution in [1.82, 2.24) is 10.2 Å². The number of thioether (sulfide) groups is 1. The summed E-state index contributed by atoms with van der Waals surface area (Å²) < 4.78 is 5.44. The molecule has 0 spiro atoms. The van der Waals surface area contributed by atoms with E-state index in [2.05, 4.69) is 24.0 Å². The van der Waals surface area contributed by atoms with Crippen LogP contribution >= 0.6 is 11.8 Å². The van der Waals surface area contributed by atoms with Crippen molar-refractivity contribution in [2.24, 2.45) is 10.9 Å². The Labute approximate surface area is 193 Å². The third-order valence-electron chi connectivity index (χ3n) is 5.90. The molecular formula is C25H29N3O3S. The topological polar surface area (TPSA) is 71.0 Å². The minimum atomic E-state index is -0.412. The Bertz CT molecular complexity index is 1050. The van der Waals surface area contributed by atoms with Crippen LogP contribution in [0.5, 0.6) is 0 Å². The maximum Gasteiger partial charge on any atom is 0.338 e. The average Bonchev–Trinajstić information content (AvgIpc) is 3.50. The Morgan fingerprint density at radius 1 is 1.31 bits per heavy atom. The molecule has 1 fully saturated rings. The first-order valence-corrected chi connectivity index (χ1v) is 11.8. The molecule has 32 heavy (non-hydrogen) atoms. The van der Waals surface area contributed by atoms with Crippen molar-refractivity contribution in [2.45, 2.75) is 46.1 Å². The highest BCUT2D eigenvalue weighted by atomic mass is 32.2. The van der Waals surface area contributed by atoms with Gasteiger partial charge in [0.2, 0.25) is 5.91 Å². The van der Waals surface area contributed by atoms with Crippen LogP contribution in [-0.2, 0) is 14.3 Å². The number of ether oxygens (including phenoxy) is 1. The number of benzene rings is 1. The van der Waals surface area contributed by atoms with E-state index >= 15 is 0 Å². The van der Waals surface area contributed by atoms with Crippen molar-refractivity contribution in [1.29, 1.82) is 0 Å². The SMILES string of the molecule is C=CCOC(=O)C1=C(C)N=C2SC=C(CC(=O)NCC3CC3)N2[C@H]1c1ccc(C)cc1C. The van der Waals surface area contributed by atoms with Crippen molar-refractivity contribution in [3.8, 4) is 0 Å². The number of esters is 1. The number of aliphatic imine (C=N–C) groups is 1. The van der Waals surface area contributed by atoms with Gasteiger partial charge in [0, 0.05) is 12.2 Å². The Hall–Kier alpha value is -2.80. The molecule has 0 bridgehead atoms. The van der Waals surface area contributed by atoms with Gasteiger partial charge in [-0.2, -0.15) is 0 Å². The summed E-state index contributed by atoms with van der Waals surface area (Å²) >= 11 is 1.49. The molecule has 6 nitrogen and oxygen atoms in total. The zero-order chi connectivity index (χ0) is 22.8. The number of nitrogens with one attached hydrogen (secondary N) is 1. The van der Waals surface area contributed by atoms with Crippen LogP contribution in [0.4, 0.5) is 0 Å². The summed E-state index contributed by atoms with van der Waals surface area (Å²) in [5.74, 6) is 0.203. The van der Waals surface area contributed by atoms with Gasteiger partial charge in [-0.15, -0.1) is 0 Å². The predicted molar refractivity (Wildman–Crippen MR) is 128 cm³/mol. The van der Waals surface area contributed by atoms with Crippen molar-refractivity contribution < 1.29 is 14.3 Å². The number of hydrogen-bond donors (Lipinski definition) is 1. The van der Waals surface area contributed by atoms with E-state index in [9.17, 15) is 9.59 Å². The van der Waals surface area contributed by atoms with Gasteiger partial charge in [0.25, 0.3) is 0 Å². The molecular weight excluding hydrogens is 422 g/mol. The smallest absolute Gasteiger partial charge is 0.338 e. The van der Waals surface area contributed by atoms with E-state index in [0.717, 1.165) is 34.1 Å². The highest BCUT2D eigenvalue weighted by molar-refractivity contribution is 8.16. The monoisotopic (exact) mass is 451 g/mol. The summed E-state index contributed by atoms with van der Waals surface area (Å²) in [5, 5.41) is 5.79. The van der Waals surface area contributed by atoms with E-state index in [1.54, 1.807) is 6.08 Å². The first kappa shape index (κ1) is 22.4. The molecule has 0 aromatic heterocycles. The molecule has 2 aliphatic heterocycles. The van der Waals surface area contributed by atoms with Gasteiger partial charge in [0.1, 0.15) is 6.61 Å². The molecule has 0 saturated heterocycles. The lowest BCUT2D eigenvalue weighted by Crippen LogP contribution is -2.38. The second-order valence-electron chi connectivity index (χ2n) is 8.56. The van der Waals surface area contributed by atoms with Crippen LogP contribution in [-0.4, -0.2) is 35.1 Å². The number of allylic oxidation sites excluding steroid dienone is 1. The average molecular weight is 452 g/mol. The van der Waals surface area contributed by atoms with Crippen LogP contribution < -0.4 is 5.32 Å². The summed E-state index contributed by atoms with van der Waals surface area (Å²) in [6.07, 6.45) is 4.18. The summed E-state index contributed by atoms with van der Waals surface area (Å²) in [6, 6.07) is 5.81. The zero-order valence-corrected chi connectivity index (χ0v) is 19.6. The fourth-order valence-corrected chi connectivity index (χ4v) is 5.04. The molecule has 1 aliphatic carbocycles. The third kappa shape index (κ3) is 4.67. The Morgan fingerprint density at radius 3 is 2.78 bits per heavy atom. The largest absolute Gasteiger partial charge is 0.458 e. The van der Waals surface area contributed by atoms with Gasteiger partial charge >= 0.3 is 5.97 Å². The van der Waals surface area contributed by atoms with Crippen LogP contribution in [0.15, 0.2) is 58.2 Å². The second kappa shape index (κ2) is 9.36. The lowest BCUT2D eigenvalue weighted by atomic mass is 9.90. The van der Waals surface area contributed by atoms with Gasteiger partial charge in [-0.1, -0.05) is 48.2 Å². The molecule has 2 heterocycles. The van der Waals surface area contributed by atoms with Gasteiger partial charge in [0.05, 0.1) is 23.7 Å². The Morgan fingerprint density at radius 2 is 2.09 bits per heavy atom. The highest BCUT2D eigenvalue weighted by Crippen LogP contribution is 2.45. The number of fused-ring (bicyclic) bond motifs is 1. The zero-order valence-electron chi connectivity index (χ0n) is 18.8. The van der Waals surface area contributed by atoms with Crippen LogP contribution in [0.25, 0.3) is 0 Å². The van der Waals surface area contributed by atoms with Crippen molar-refractivity contribution in [2.75, 3.05) is 13.2 Å². The number of hydrogen-bond acceptors (Lipinski definition) is 6. The van der Waals surface area contributed by atoms with E-state index in [1.807, 2.05) is 37.1 Å². The van der Waals surface area contributed by atoms with Gasteiger partial charge in [-0.3, -0.25) is 4.79 Å². The molecule has 1 amide bonds. The lowest BCUT2D eigenvalue weighted by molar-refractivity contribution is -0.138. The lowest BCUT2D eigenvalue weighted by Gasteiger charge is -2.37. The number of carbonyl (C=O) groups excluding carboxylic acids is 2. The fourth-order valence-electron chi connectivity index (χ4n) is 4.08. The number of rotatable bonds is 8. The molecule has 3 aliphatic rings. The van der Waals surface area contributed by atoms with Crippen LogP contribution in [0.3, 0.4) is 0 Å². The van der Waals surface area contributed by atoms with Crippen molar-refractivity contribution >= 4 is 28.8 Å². The number of amidine groups is 1. The highest BCUT2D eigenvalue weighted by Gasteiger charge is 2.41. The summed E-state index contributed by atoms with van der Waals surface area (Å²) in [6.45, 7) is 10.4. The first-order chi connectivity index (χ1) is 15.4. The van der Waals surface area contributed by atoms with Crippen LogP contribution in [0.2, 0.25) is 0 Å². The standard InChI is InChI=1S/C25H29N3O3S/c1-5-10-31-24(30)22-17(4)27-25-28(23(22)20-9-6-15(2)11-16(20)3)19(14-32-25)12-21(29)26-13-18-7-8-18/h5-6,9,11,14,18,23H,1,7-8,10,12-13H2,2-4H3,(H,26,29)/t23-/m0/s1. The van der Waals surface area contributed by atoms with Crippen LogP contribution in [0.1, 0.15) is 48.9 Å². The van der Waals surface area contributed by atoms with Crippen molar-refractivity contribution in [3.05, 3.63) is 69.9 Å². The van der Waals surface area contributed by atoms with E-state index < -0.39 is 12.0 Å². The third-order valence-corrected chi connectivity index (χ3v) is 6.79. The fraction of sp³-hybridized carbons (Fsp3) is 0.400. The molecule has 1 aromatic rings. The molecule has 1 saturated carbocycles. The number of nitrogens with zero attached hydrogens (tertiary/aromatic N) is 2. The van der Waals surface area contributed by atoms with Gasteiger partial charge in [0.15, 0.2) is 5.17 Å². The summed E-state index contributed by atoms with van der Waals surface area (Å²) in [4.78, 5) is 32.5. The maximum absolute atomic E-state index is 13.1. The molecule has 1 atom stereocenters. The quantitative estimate of drug-likeness (QED) is 0.465. The van der Waals surface area contributed by atoms with Gasteiger partial charge < -0.3 is 15.0 Å². The number of amides is 1. The minimum absolute atomic E-state index is 0.00793. The molecule has 1 N–H and O–H groups in total. The maximum atomic E-state index is 13.1. The van der Waals surface area contributed by atoms with Crippen LogP contribution in [0, 0.1) is 19.8 Å². The van der Waals surface area contributed by atoms with E-state index in [-0.39, 0.29) is 18.9 Å². The molecule has 7 heteroatoms. The van der Waals surface area contributed by atoms with E-state index in [0.29, 0.717) is 17.2 Å². The predicted octanol–water partition coefficient (Wildman–Crippen LogP) is 4.52. The Kier molecular flexibility index (Phi) is 6.55. The summed E-state index contributed by atoms with van der Waals surface area (Å²) in [5.41, 5.74) is 5.20. The molecule has 1 aromatic carbocycles. The normalized spacial score (nSPS) is 19.8. The van der Waals surface area contributed by atoms with E-state index in [4.69, 9.17) is 9.73 Å². The molecule has 0 radical (unpaired) electrons. The van der Waals surface area contributed by atoms with Crippen molar-refractivity contribution in [3.63, 3.8) is 0 Å². The molecule has 0 unspecified atom stereocenters. The minimum Gasteiger partial charge on any atom is -0.458 e. The van der Waals surface area contributed by atoms with Gasteiger partial charge in [-0.05, 0) is 56.1 Å². The number of aryl methyl sites for hydroxylation is 2. The second-order valence-corrected chi connectivity index (χ2v) is 9.40. The summed E-state index contributed by atoms with van der Waals surface area (Å²) in [7, 11) is 0. The Balaban J connectivity index is 1.69. The van der Waals surface area contributed by atoms with Gasteiger partial charge in [-0.25, -0.2) is 9.79 Å². The number of carbonyl (C=O) groups is 2. The molecule has 168 valence electrons.